The van der Waals surface area contributed by atoms with Crippen LogP contribution < -0.4 is 10.1 Å². The molecule has 0 bridgehead atoms. The van der Waals surface area contributed by atoms with Crippen molar-refractivity contribution in [2.75, 3.05) is 13.7 Å². The van der Waals surface area contributed by atoms with Crippen LogP contribution >= 0.6 is 11.6 Å². The van der Waals surface area contributed by atoms with Crippen LogP contribution in [0.25, 0.3) is 0 Å². The normalized spacial score (nSPS) is 13.5. The van der Waals surface area contributed by atoms with Crippen LogP contribution in [0.5, 0.6) is 5.75 Å². The van der Waals surface area contributed by atoms with E-state index >= 15 is 0 Å². The van der Waals surface area contributed by atoms with E-state index in [1.807, 2.05) is 52.0 Å². The molecule has 22 heavy (non-hydrogen) atoms. The highest BCUT2D eigenvalue weighted by Gasteiger charge is 2.18. The first-order valence-corrected chi connectivity index (χ1v) is 7.60. The van der Waals surface area contributed by atoms with Gasteiger partial charge in [-0.3, -0.25) is 0 Å². The lowest BCUT2D eigenvalue weighted by molar-refractivity contribution is 0.0532. The SMILES string of the molecule is COc1cccc(C(C)/C(=C\Cl)CNC(=O)OC(C)(C)C)c1. The van der Waals surface area contributed by atoms with Crippen LogP contribution in [0.2, 0.25) is 0 Å². The van der Waals surface area contributed by atoms with E-state index in [4.69, 9.17) is 21.1 Å². The number of methoxy groups -OCH3 is 1. The van der Waals surface area contributed by atoms with E-state index in [2.05, 4.69) is 5.32 Å². The fraction of sp³-hybridized carbons (Fsp3) is 0.471. The Morgan fingerprint density at radius 3 is 2.64 bits per heavy atom. The molecule has 4 nitrogen and oxygen atoms in total. The molecule has 1 rings (SSSR count). The number of halogens is 1. The smallest absolute Gasteiger partial charge is 0.407 e. The summed E-state index contributed by atoms with van der Waals surface area (Å²) in [5, 5.41) is 2.72. The van der Waals surface area contributed by atoms with Gasteiger partial charge in [-0.05, 0) is 44.0 Å². The lowest BCUT2D eigenvalue weighted by Crippen LogP contribution is -2.34. The molecule has 0 saturated carbocycles. The van der Waals surface area contributed by atoms with Gasteiger partial charge in [0.15, 0.2) is 0 Å². The van der Waals surface area contributed by atoms with Crippen LogP contribution in [0.3, 0.4) is 0 Å². The zero-order valence-electron chi connectivity index (χ0n) is 13.8. The van der Waals surface area contributed by atoms with Crippen LogP contribution in [0.4, 0.5) is 4.79 Å². The molecule has 1 aromatic carbocycles. The van der Waals surface area contributed by atoms with Crippen molar-refractivity contribution in [3.8, 4) is 5.75 Å². The van der Waals surface area contributed by atoms with Crippen LogP contribution in [-0.2, 0) is 4.74 Å². The van der Waals surface area contributed by atoms with Gasteiger partial charge in [-0.25, -0.2) is 4.79 Å². The van der Waals surface area contributed by atoms with Crippen molar-refractivity contribution in [1.82, 2.24) is 5.32 Å². The summed E-state index contributed by atoms with van der Waals surface area (Å²) in [7, 11) is 1.63. The Bertz CT molecular complexity index is 535. The summed E-state index contributed by atoms with van der Waals surface area (Å²) in [4.78, 5) is 11.7. The van der Waals surface area contributed by atoms with E-state index < -0.39 is 11.7 Å². The van der Waals surface area contributed by atoms with Crippen LogP contribution in [0.1, 0.15) is 39.2 Å². The standard InChI is InChI=1S/C17H24ClNO3/c1-12(13-7-6-8-15(9-13)21-5)14(10-18)11-19-16(20)22-17(2,3)4/h6-10,12H,11H2,1-5H3,(H,19,20)/b14-10-. The van der Waals surface area contributed by atoms with Crippen molar-refractivity contribution in [1.29, 1.82) is 0 Å². The second-order valence-corrected chi connectivity index (χ2v) is 6.26. The number of alkyl carbamates (subject to hydrolysis) is 1. The Morgan fingerprint density at radius 1 is 1.41 bits per heavy atom. The lowest BCUT2D eigenvalue weighted by atomic mass is 9.94. The molecule has 0 fully saturated rings. The maximum atomic E-state index is 11.7. The summed E-state index contributed by atoms with van der Waals surface area (Å²) in [6.45, 7) is 7.83. The fourth-order valence-corrected chi connectivity index (χ4v) is 2.17. The summed E-state index contributed by atoms with van der Waals surface area (Å²) < 4.78 is 10.4. The largest absolute Gasteiger partial charge is 0.497 e. The Balaban J connectivity index is 2.69. The average Bonchev–Trinajstić information content (AvgIpc) is 2.45. The number of hydrogen-bond acceptors (Lipinski definition) is 3. The highest BCUT2D eigenvalue weighted by molar-refractivity contribution is 6.25. The molecule has 0 saturated heterocycles. The number of rotatable bonds is 5. The molecule has 0 aromatic heterocycles. The van der Waals surface area contributed by atoms with E-state index in [9.17, 15) is 4.79 Å². The third-order valence-electron chi connectivity index (χ3n) is 3.13. The Morgan fingerprint density at radius 2 is 2.09 bits per heavy atom. The minimum absolute atomic E-state index is 0.0579. The molecule has 1 N–H and O–H groups in total. The number of amides is 1. The minimum atomic E-state index is -0.520. The second kappa shape index (κ2) is 8.08. The number of carbonyl (C=O) groups is 1. The van der Waals surface area contributed by atoms with Crippen LogP contribution in [-0.4, -0.2) is 25.3 Å². The predicted octanol–water partition coefficient (Wildman–Crippen LogP) is 4.45. The van der Waals surface area contributed by atoms with E-state index in [1.54, 1.807) is 7.11 Å². The van der Waals surface area contributed by atoms with Gasteiger partial charge < -0.3 is 14.8 Å². The molecule has 0 aliphatic carbocycles. The van der Waals surface area contributed by atoms with Crippen molar-refractivity contribution in [2.45, 2.75) is 39.2 Å². The number of benzene rings is 1. The zero-order valence-corrected chi connectivity index (χ0v) is 14.5. The van der Waals surface area contributed by atoms with Gasteiger partial charge in [0.2, 0.25) is 0 Å². The van der Waals surface area contributed by atoms with E-state index in [1.165, 1.54) is 5.54 Å². The Hall–Kier alpha value is -1.68. The van der Waals surface area contributed by atoms with Crippen LogP contribution in [0.15, 0.2) is 35.4 Å². The quantitative estimate of drug-likeness (QED) is 0.870. The summed E-state index contributed by atoms with van der Waals surface area (Å²) in [5.41, 5.74) is 2.94. The first kappa shape index (κ1) is 18.4. The Labute approximate surface area is 137 Å². The first-order valence-electron chi connectivity index (χ1n) is 7.16. The van der Waals surface area contributed by atoms with Crippen molar-refractivity contribution in [2.24, 2.45) is 0 Å². The third-order valence-corrected chi connectivity index (χ3v) is 3.41. The van der Waals surface area contributed by atoms with Gasteiger partial charge in [0.05, 0.1) is 7.11 Å². The number of ether oxygens (including phenoxy) is 2. The van der Waals surface area contributed by atoms with Crippen LogP contribution in [0, 0.1) is 0 Å². The van der Waals surface area contributed by atoms with Crippen molar-refractivity contribution in [3.05, 3.63) is 40.9 Å². The summed E-state index contributed by atoms with van der Waals surface area (Å²) in [6.07, 6.45) is -0.457. The summed E-state index contributed by atoms with van der Waals surface area (Å²) in [6, 6.07) is 7.77. The van der Waals surface area contributed by atoms with Gasteiger partial charge in [-0.15, -0.1) is 0 Å². The van der Waals surface area contributed by atoms with Gasteiger partial charge in [-0.2, -0.15) is 0 Å². The first-order chi connectivity index (χ1) is 10.3. The minimum Gasteiger partial charge on any atom is -0.497 e. The molecule has 0 spiro atoms. The number of nitrogens with one attached hydrogen (secondary N) is 1. The summed E-state index contributed by atoms with van der Waals surface area (Å²) in [5.74, 6) is 0.848. The number of hydrogen-bond donors (Lipinski definition) is 1. The zero-order chi connectivity index (χ0) is 16.8. The molecule has 0 aliphatic rings. The van der Waals surface area contributed by atoms with Crippen molar-refractivity contribution >= 4 is 17.7 Å². The molecule has 0 radical (unpaired) electrons. The van der Waals surface area contributed by atoms with E-state index in [0.717, 1.165) is 16.9 Å². The van der Waals surface area contributed by atoms with Gasteiger partial charge in [0, 0.05) is 18.0 Å². The molecule has 5 heteroatoms. The molecule has 1 aromatic rings. The van der Waals surface area contributed by atoms with E-state index in [0.29, 0.717) is 6.54 Å². The predicted molar refractivity (Wildman–Crippen MR) is 89.6 cm³/mol. The fourth-order valence-electron chi connectivity index (χ4n) is 1.90. The molecular weight excluding hydrogens is 302 g/mol. The highest BCUT2D eigenvalue weighted by atomic mass is 35.5. The molecule has 1 amide bonds. The third kappa shape index (κ3) is 5.98. The molecule has 1 unspecified atom stereocenters. The maximum absolute atomic E-state index is 11.7. The van der Waals surface area contributed by atoms with Crippen molar-refractivity contribution in [3.63, 3.8) is 0 Å². The van der Waals surface area contributed by atoms with Gasteiger partial charge in [0.25, 0.3) is 0 Å². The second-order valence-electron chi connectivity index (χ2n) is 6.04. The molecular formula is C17H24ClNO3. The Kier molecular flexibility index (Phi) is 6.75. The monoisotopic (exact) mass is 325 g/mol. The lowest BCUT2D eigenvalue weighted by Gasteiger charge is -2.21. The van der Waals surface area contributed by atoms with Crippen molar-refractivity contribution < 1.29 is 14.3 Å². The maximum Gasteiger partial charge on any atom is 0.407 e. The number of carbonyl (C=O) groups excluding carboxylic acids is 1. The van der Waals surface area contributed by atoms with E-state index in [-0.39, 0.29) is 5.92 Å². The molecule has 0 heterocycles. The average molecular weight is 326 g/mol. The summed E-state index contributed by atoms with van der Waals surface area (Å²) >= 11 is 5.92. The molecule has 1 atom stereocenters. The molecule has 0 aliphatic heterocycles. The highest BCUT2D eigenvalue weighted by Crippen LogP contribution is 2.27. The van der Waals surface area contributed by atoms with Gasteiger partial charge in [0.1, 0.15) is 11.4 Å². The van der Waals surface area contributed by atoms with Gasteiger partial charge in [-0.1, -0.05) is 30.7 Å². The molecule has 122 valence electrons. The van der Waals surface area contributed by atoms with Gasteiger partial charge >= 0.3 is 6.09 Å². The topological polar surface area (TPSA) is 47.6 Å².